The maximum Gasteiger partial charge on any atom is 0.393 e. The van der Waals surface area contributed by atoms with Crippen molar-refractivity contribution in [2.45, 2.75) is 37.3 Å². The van der Waals surface area contributed by atoms with Crippen LogP contribution in [0, 0.1) is 5.92 Å². The molecule has 2 heteroatoms. The van der Waals surface area contributed by atoms with Crippen molar-refractivity contribution in [3.8, 4) is 11.4 Å². The second-order valence-electron chi connectivity index (χ2n) is 8.12. The number of hydrogen-bond donors (Lipinski definition) is 0. The second kappa shape index (κ2) is 4.01. The van der Waals surface area contributed by atoms with Gasteiger partial charge in [-0.2, -0.15) is 0 Å². The van der Waals surface area contributed by atoms with Crippen LogP contribution in [0.5, 0.6) is 0 Å². The summed E-state index contributed by atoms with van der Waals surface area (Å²) in [5.74, 6) is 1.41. The van der Waals surface area contributed by atoms with E-state index in [0.717, 1.165) is 12.3 Å². The van der Waals surface area contributed by atoms with Crippen molar-refractivity contribution in [2.24, 2.45) is 5.92 Å². The Labute approximate surface area is 147 Å². The predicted molar refractivity (Wildman–Crippen MR) is 94.1 cm³/mol. The largest absolute Gasteiger partial charge is 0.393 e. The molecule has 0 saturated heterocycles. The van der Waals surface area contributed by atoms with Gasteiger partial charge >= 0.3 is 5.66 Å². The van der Waals surface area contributed by atoms with Gasteiger partial charge in [0.05, 0.1) is 6.42 Å². The van der Waals surface area contributed by atoms with E-state index in [0.29, 0.717) is 5.92 Å². The van der Waals surface area contributed by atoms with Crippen molar-refractivity contribution in [1.82, 2.24) is 0 Å². The van der Waals surface area contributed by atoms with Gasteiger partial charge in [0.1, 0.15) is 11.5 Å². The van der Waals surface area contributed by atoms with Crippen molar-refractivity contribution in [3.05, 3.63) is 83.2 Å². The van der Waals surface area contributed by atoms with Crippen LogP contribution in [0.1, 0.15) is 47.6 Å². The number of hydrogen-bond acceptors (Lipinski definition) is 0. The highest BCUT2D eigenvalue weighted by molar-refractivity contribution is 5.55. The van der Waals surface area contributed by atoms with Crippen LogP contribution in [0.2, 0.25) is 0 Å². The van der Waals surface area contributed by atoms with Gasteiger partial charge in [0.25, 0.3) is 11.4 Å². The van der Waals surface area contributed by atoms with E-state index in [1.165, 1.54) is 36.3 Å². The summed E-state index contributed by atoms with van der Waals surface area (Å²) in [6.07, 6.45) is 7.44. The zero-order valence-corrected chi connectivity index (χ0v) is 14.2. The molecule has 3 aromatic rings. The van der Waals surface area contributed by atoms with Gasteiger partial charge in [-0.25, -0.2) is 0 Å². The zero-order valence-electron chi connectivity index (χ0n) is 14.2. The minimum absolute atomic E-state index is 0.0200. The van der Waals surface area contributed by atoms with E-state index in [4.69, 9.17) is 0 Å². The van der Waals surface area contributed by atoms with Gasteiger partial charge in [-0.3, -0.25) is 0 Å². The molecule has 3 atom stereocenters. The molecule has 2 nitrogen and oxygen atoms in total. The first-order valence-corrected chi connectivity index (χ1v) is 9.59. The van der Waals surface area contributed by atoms with Crippen molar-refractivity contribution < 1.29 is 9.13 Å². The fourth-order valence-corrected chi connectivity index (χ4v) is 6.65. The first-order valence-electron chi connectivity index (χ1n) is 9.59. The Morgan fingerprint density at radius 2 is 1.80 bits per heavy atom. The van der Waals surface area contributed by atoms with Crippen molar-refractivity contribution in [3.63, 3.8) is 0 Å². The molecule has 0 N–H and O–H groups in total. The maximum absolute atomic E-state index is 2.71. The van der Waals surface area contributed by atoms with E-state index in [1.54, 1.807) is 16.7 Å². The van der Waals surface area contributed by atoms with Crippen molar-refractivity contribution >= 4 is 0 Å². The van der Waals surface area contributed by atoms with E-state index in [9.17, 15) is 0 Å². The molecule has 3 unspecified atom stereocenters. The topological polar surface area (TPSA) is 7.76 Å². The summed E-state index contributed by atoms with van der Waals surface area (Å²) in [5, 5.41) is 0. The monoisotopic (exact) mass is 324 g/mol. The Bertz CT molecular complexity index is 1080. The van der Waals surface area contributed by atoms with E-state index < -0.39 is 0 Å². The van der Waals surface area contributed by atoms with E-state index >= 15 is 0 Å². The molecule has 0 bridgehead atoms. The summed E-state index contributed by atoms with van der Waals surface area (Å²) in [7, 11) is 0. The average molecular weight is 324 g/mol. The van der Waals surface area contributed by atoms with Gasteiger partial charge in [-0.1, -0.05) is 24.6 Å². The van der Waals surface area contributed by atoms with Crippen molar-refractivity contribution in [1.29, 1.82) is 0 Å². The van der Waals surface area contributed by atoms with Gasteiger partial charge in [0, 0.05) is 30.2 Å². The lowest BCUT2D eigenvalue weighted by Crippen LogP contribution is -2.74. The lowest BCUT2D eigenvalue weighted by molar-refractivity contribution is -0.961. The second-order valence-corrected chi connectivity index (χ2v) is 8.12. The van der Waals surface area contributed by atoms with Crippen molar-refractivity contribution in [2.75, 3.05) is 0 Å². The summed E-state index contributed by atoms with van der Waals surface area (Å²) in [6, 6.07) is 20.7. The van der Waals surface area contributed by atoms with Crippen LogP contribution >= 0.6 is 0 Å². The Morgan fingerprint density at radius 1 is 0.880 bits per heavy atom. The minimum atomic E-state index is -0.0200. The van der Waals surface area contributed by atoms with E-state index in [2.05, 4.69) is 69.9 Å². The number of fused-ring (bicyclic) bond motifs is 4. The minimum Gasteiger partial charge on any atom is -0.124 e. The molecule has 2 aliphatic heterocycles. The van der Waals surface area contributed by atoms with Crippen LogP contribution in [0.15, 0.2) is 60.8 Å². The van der Waals surface area contributed by atoms with Crippen LogP contribution in [-0.4, -0.2) is 0 Å². The molecule has 0 radical (unpaired) electrons. The highest BCUT2D eigenvalue weighted by Crippen LogP contribution is 2.58. The van der Waals surface area contributed by atoms with Gasteiger partial charge in [-0.05, 0) is 36.1 Å². The van der Waals surface area contributed by atoms with Crippen LogP contribution in [0.3, 0.4) is 0 Å². The molecular formula is C23H20N2+2. The third kappa shape index (κ3) is 1.20. The van der Waals surface area contributed by atoms with Gasteiger partial charge in [-0.15, -0.1) is 9.13 Å². The molecule has 1 aromatic carbocycles. The van der Waals surface area contributed by atoms with E-state index in [1.807, 2.05) is 0 Å². The zero-order chi connectivity index (χ0) is 16.2. The normalized spacial score (nSPS) is 29.1. The first kappa shape index (κ1) is 12.8. The molecular weight excluding hydrogens is 304 g/mol. The van der Waals surface area contributed by atoms with Crippen LogP contribution in [0.25, 0.3) is 11.4 Å². The number of benzene rings is 1. The fraction of sp³-hybridized carbons (Fsp3) is 0.304. The summed E-state index contributed by atoms with van der Waals surface area (Å²) in [5.41, 5.74) is 9.03. The number of pyridine rings is 2. The highest BCUT2D eigenvalue weighted by Gasteiger charge is 2.74. The summed E-state index contributed by atoms with van der Waals surface area (Å²) < 4.78 is 5.33. The predicted octanol–water partition coefficient (Wildman–Crippen LogP) is 3.29. The van der Waals surface area contributed by atoms with Gasteiger partial charge < -0.3 is 0 Å². The Kier molecular flexibility index (Phi) is 2.06. The molecule has 120 valence electrons. The molecule has 1 fully saturated rings. The van der Waals surface area contributed by atoms with Crippen LogP contribution < -0.4 is 9.13 Å². The lowest BCUT2D eigenvalue weighted by Gasteiger charge is -2.27. The Balaban J connectivity index is 1.74. The van der Waals surface area contributed by atoms with Crippen LogP contribution in [-0.2, 0) is 12.1 Å². The average Bonchev–Trinajstić information content (AvgIpc) is 3.31. The van der Waals surface area contributed by atoms with Gasteiger partial charge in [0.2, 0.25) is 0 Å². The quantitative estimate of drug-likeness (QED) is 0.561. The third-order valence-corrected chi connectivity index (χ3v) is 7.26. The molecule has 1 saturated carbocycles. The summed E-state index contributed by atoms with van der Waals surface area (Å²) >= 11 is 0. The molecule has 2 aliphatic carbocycles. The molecule has 1 spiro atoms. The third-order valence-electron chi connectivity index (χ3n) is 7.26. The molecule has 7 rings (SSSR count). The highest BCUT2D eigenvalue weighted by atomic mass is 15.3. The lowest BCUT2D eigenvalue weighted by atomic mass is 9.83. The maximum atomic E-state index is 2.71. The summed E-state index contributed by atoms with van der Waals surface area (Å²) in [4.78, 5) is 0. The number of aromatic nitrogens is 2. The SMILES string of the molecule is c1cc2c3c(c1)C1CCCC1C31[n+]3ccccc3-c3cccc([n+]31)C2. The molecule has 4 aliphatic rings. The molecule has 0 amide bonds. The first-order chi connectivity index (χ1) is 12.4. The Hall–Kier alpha value is -2.48. The molecule has 4 heterocycles. The number of nitrogens with zero attached hydrogens (tertiary/aromatic N) is 2. The van der Waals surface area contributed by atoms with Gasteiger partial charge in [0.15, 0.2) is 11.9 Å². The fourth-order valence-electron chi connectivity index (χ4n) is 6.65. The smallest absolute Gasteiger partial charge is 0.124 e. The number of rotatable bonds is 0. The Morgan fingerprint density at radius 3 is 2.80 bits per heavy atom. The summed E-state index contributed by atoms with van der Waals surface area (Å²) in [6.45, 7) is 0. The molecule has 25 heavy (non-hydrogen) atoms. The molecule has 2 aromatic heterocycles. The van der Waals surface area contributed by atoms with Crippen LogP contribution in [0.4, 0.5) is 0 Å². The standard InChI is InChI=1S/C23H20N2/c1-2-13-24-20(11-1)21-12-4-7-16-14-15-6-3-9-18-17-8-5-10-19(17)23(24,22(15)18)25(16)21/h1-4,6-7,9,11-13,17,19H,5,8,10,14H2/q+2. The van der Waals surface area contributed by atoms with E-state index in [-0.39, 0.29) is 5.66 Å².